The van der Waals surface area contributed by atoms with Crippen LogP contribution in [0.4, 0.5) is 0 Å². The monoisotopic (exact) mass is 256 g/mol. The summed E-state index contributed by atoms with van der Waals surface area (Å²) >= 11 is 5.07. The van der Waals surface area contributed by atoms with E-state index in [2.05, 4.69) is 28.9 Å². The Hall–Kier alpha value is -0.540. The highest BCUT2D eigenvalue weighted by molar-refractivity contribution is 9.10. The van der Waals surface area contributed by atoms with E-state index in [1.165, 1.54) is 5.56 Å². The highest BCUT2D eigenvalue weighted by atomic mass is 79.9. The summed E-state index contributed by atoms with van der Waals surface area (Å²) in [6, 6.07) is 3.96. The lowest BCUT2D eigenvalue weighted by Gasteiger charge is -2.00. The maximum Gasteiger partial charge on any atom is 0.125 e. The van der Waals surface area contributed by atoms with Crippen molar-refractivity contribution in [1.82, 2.24) is 0 Å². The normalized spacial score (nSPS) is 10.9. The van der Waals surface area contributed by atoms with Crippen LogP contribution in [0.1, 0.15) is 12.5 Å². The number of thiophene rings is 1. The smallest absolute Gasteiger partial charge is 0.125 e. The summed E-state index contributed by atoms with van der Waals surface area (Å²) in [5, 5.41) is 12.7. The molecule has 68 valence electrons. The largest absolute Gasteiger partial charge is 0.507 e. The van der Waals surface area contributed by atoms with Crippen LogP contribution in [-0.2, 0) is 6.42 Å². The molecule has 0 fully saturated rings. The van der Waals surface area contributed by atoms with Crippen molar-refractivity contribution in [3.8, 4) is 5.75 Å². The van der Waals surface area contributed by atoms with E-state index in [1.807, 2.05) is 11.4 Å². The van der Waals surface area contributed by atoms with Gasteiger partial charge in [-0.3, -0.25) is 0 Å². The van der Waals surface area contributed by atoms with Crippen LogP contribution in [0.25, 0.3) is 10.1 Å². The number of phenols is 1. The molecule has 2 aromatic rings. The summed E-state index contributed by atoms with van der Waals surface area (Å²) in [4.78, 5) is 0. The second kappa shape index (κ2) is 3.31. The van der Waals surface area contributed by atoms with Gasteiger partial charge in [0.05, 0.1) is 0 Å². The van der Waals surface area contributed by atoms with Gasteiger partial charge in [0.15, 0.2) is 0 Å². The van der Waals surface area contributed by atoms with Gasteiger partial charge in [0.25, 0.3) is 0 Å². The molecule has 1 aromatic carbocycles. The Labute approximate surface area is 89.1 Å². The maximum absolute atomic E-state index is 9.73. The minimum absolute atomic E-state index is 0.377. The molecule has 1 aromatic heterocycles. The molecule has 2 rings (SSSR count). The number of fused-ring (bicyclic) bond motifs is 1. The lowest BCUT2D eigenvalue weighted by molar-refractivity contribution is 0.481. The van der Waals surface area contributed by atoms with Crippen LogP contribution in [-0.4, -0.2) is 5.11 Å². The molecule has 13 heavy (non-hydrogen) atoms. The third-order valence-electron chi connectivity index (χ3n) is 2.08. The van der Waals surface area contributed by atoms with Gasteiger partial charge in [-0.1, -0.05) is 6.92 Å². The molecule has 0 bridgehead atoms. The molecule has 0 radical (unpaired) electrons. The molecule has 1 nitrogen and oxygen atoms in total. The summed E-state index contributed by atoms with van der Waals surface area (Å²) in [5.74, 6) is 0.377. The molecule has 0 aliphatic carbocycles. The Morgan fingerprint density at radius 3 is 2.92 bits per heavy atom. The minimum atomic E-state index is 0.377. The first-order chi connectivity index (χ1) is 6.22. The zero-order valence-corrected chi connectivity index (χ0v) is 9.58. The van der Waals surface area contributed by atoms with E-state index >= 15 is 0 Å². The van der Waals surface area contributed by atoms with Crippen molar-refractivity contribution in [2.24, 2.45) is 0 Å². The molecular weight excluding hydrogens is 248 g/mol. The van der Waals surface area contributed by atoms with Gasteiger partial charge in [-0.15, -0.1) is 11.3 Å². The van der Waals surface area contributed by atoms with Crippen LogP contribution in [0.15, 0.2) is 22.0 Å². The highest BCUT2D eigenvalue weighted by Crippen LogP contribution is 2.37. The standard InChI is InChI=1S/C10H9BrOS/c1-2-6-3-8(12)10-7(11)5-13-9(10)4-6/h3-5,12H,2H2,1H3. The highest BCUT2D eigenvalue weighted by Gasteiger charge is 2.07. The first-order valence-electron chi connectivity index (χ1n) is 4.11. The fourth-order valence-electron chi connectivity index (χ4n) is 1.37. The van der Waals surface area contributed by atoms with Crippen LogP contribution < -0.4 is 0 Å². The van der Waals surface area contributed by atoms with Gasteiger partial charge in [-0.2, -0.15) is 0 Å². The van der Waals surface area contributed by atoms with Crippen molar-refractivity contribution >= 4 is 37.4 Å². The second-order valence-corrected chi connectivity index (χ2v) is 4.69. The number of rotatable bonds is 1. The quantitative estimate of drug-likeness (QED) is 0.820. The fourth-order valence-corrected chi connectivity index (χ4v) is 3.10. The maximum atomic E-state index is 9.73. The first-order valence-corrected chi connectivity index (χ1v) is 5.78. The summed E-state index contributed by atoms with van der Waals surface area (Å²) in [5.41, 5.74) is 1.18. The lowest BCUT2D eigenvalue weighted by Crippen LogP contribution is -1.78. The third kappa shape index (κ3) is 1.46. The molecule has 0 aliphatic rings. The van der Waals surface area contributed by atoms with E-state index in [0.29, 0.717) is 5.75 Å². The van der Waals surface area contributed by atoms with E-state index in [-0.39, 0.29) is 0 Å². The van der Waals surface area contributed by atoms with Gasteiger partial charge in [-0.05, 0) is 40.0 Å². The van der Waals surface area contributed by atoms with Gasteiger partial charge < -0.3 is 5.11 Å². The molecular formula is C10H9BrOS. The average Bonchev–Trinajstić information content (AvgIpc) is 2.48. The molecule has 1 heterocycles. The zero-order valence-electron chi connectivity index (χ0n) is 7.17. The SMILES string of the molecule is CCc1cc(O)c2c(Br)csc2c1. The van der Waals surface area contributed by atoms with Gasteiger partial charge in [0.1, 0.15) is 5.75 Å². The molecule has 0 spiro atoms. The van der Waals surface area contributed by atoms with Crippen molar-refractivity contribution in [2.75, 3.05) is 0 Å². The molecule has 0 saturated heterocycles. The molecule has 0 atom stereocenters. The van der Waals surface area contributed by atoms with Crippen molar-refractivity contribution in [2.45, 2.75) is 13.3 Å². The summed E-state index contributed by atoms with van der Waals surface area (Å²) in [6.07, 6.45) is 0.957. The Morgan fingerprint density at radius 1 is 1.46 bits per heavy atom. The van der Waals surface area contributed by atoms with E-state index in [0.717, 1.165) is 21.0 Å². The van der Waals surface area contributed by atoms with Crippen LogP contribution in [0.5, 0.6) is 5.75 Å². The summed E-state index contributed by atoms with van der Waals surface area (Å²) < 4.78 is 2.12. The van der Waals surface area contributed by atoms with Crippen molar-refractivity contribution in [3.05, 3.63) is 27.5 Å². The Bertz CT molecular complexity index is 447. The number of aryl methyl sites for hydroxylation is 1. The average molecular weight is 257 g/mol. The van der Waals surface area contributed by atoms with E-state index in [9.17, 15) is 5.11 Å². The van der Waals surface area contributed by atoms with E-state index in [1.54, 1.807) is 11.3 Å². The number of hydrogen-bond donors (Lipinski definition) is 1. The van der Waals surface area contributed by atoms with Crippen molar-refractivity contribution in [1.29, 1.82) is 0 Å². The number of hydrogen-bond acceptors (Lipinski definition) is 2. The fraction of sp³-hybridized carbons (Fsp3) is 0.200. The summed E-state index contributed by atoms with van der Waals surface area (Å²) in [6.45, 7) is 2.09. The predicted molar refractivity (Wildman–Crippen MR) is 60.6 cm³/mol. The van der Waals surface area contributed by atoms with Crippen molar-refractivity contribution < 1.29 is 5.11 Å². The van der Waals surface area contributed by atoms with Crippen LogP contribution in [0.3, 0.4) is 0 Å². The van der Waals surface area contributed by atoms with E-state index in [4.69, 9.17) is 0 Å². The molecule has 0 saturated carbocycles. The molecule has 0 aliphatic heterocycles. The number of phenolic OH excluding ortho intramolecular Hbond substituents is 1. The van der Waals surface area contributed by atoms with Crippen LogP contribution in [0.2, 0.25) is 0 Å². The number of halogens is 1. The Kier molecular flexibility index (Phi) is 2.30. The Balaban J connectivity index is 2.79. The molecule has 0 amide bonds. The van der Waals surface area contributed by atoms with E-state index < -0.39 is 0 Å². The Morgan fingerprint density at radius 2 is 2.23 bits per heavy atom. The zero-order chi connectivity index (χ0) is 9.42. The predicted octanol–water partition coefficient (Wildman–Crippen LogP) is 3.93. The van der Waals surface area contributed by atoms with Crippen molar-refractivity contribution in [3.63, 3.8) is 0 Å². The number of benzene rings is 1. The van der Waals surface area contributed by atoms with Crippen LogP contribution >= 0.6 is 27.3 Å². The molecule has 0 unspecified atom stereocenters. The lowest BCUT2D eigenvalue weighted by atomic mass is 10.1. The topological polar surface area (TPSA) is 20.2 Å². The minimum Gasteiger partial charge on any atom is -0.507 e. The second-order valence-electron chi connectivity index (χ2n) is 2.93. The summed E-state index contributed by atoms with van der Waals surface area (Å²) in [7, 11) is 0. The van der Waals surface area contributed by atoms with Gasteiger partial charge in [0.2, 0.25) is 0 Å². The molecule has 1 N–H and O–H groups in total. The van der Waals surface area contributed by atoms with Gasteiger partial charge >= 0.3 is 0 Å². The third-order valence-corrected chi connectivity index (χ3v) is 3.94. The number of aromatic hydroxyl groups is 1. The van der Waals surface area contributed by atoms with Gasteiger partial charge in [0, 0.05) is 19.9 Å². The van der Waals surface area contributed by atoms with Gasteiger partial charge in [-0.25, -0.2) is 0 Å². The first kappa shape index (κ1) is 9.03. The molecule has 3 heteroatoms. The van der Waals surface area contributed by atoms with Crippen LogP contribution in [0, 0.1) is 0 Å².